The highest BCUT2D eigenvalue weighted by Crippen LogP contribution is 2.34. The van der Waals surface area contributed by atoms with Gasteiger partial charge in [0.15, 0.2) is 5.13 Å². The van der Waals surface area contributed by atoms with E-state index in [0.29, 0.717) is 12.6 Å². The Hall–Kier alpha value is -0.650. The van der Waals surface area contributed by atoms with E-state index in [1.165, 1.54) is 4.88 Å². The lowest BCUT2D eigenvalue weighted by molar-refractivity contribution is 0.0989. The first-order chi connectivity index (χ1) is 8.43. The molecule has 1 aliphatic heterocycles. The molecule has 1 aromatic heterocycles. The lowest BCUT2D eigenvalue weighted by Crippen LogP contribution is -2.43. The number of hydrogen-bond acceptors (Lipinski definition) is 5. The third-order valence-corrected chi connectivity index (χ3v) is 4.31. The van der Waals surface area contributed by atoms with Gasteiger partial charge in [-0.25, -0.2) is 4.98 Å². The minimum atomic E-state index is 0.0545. The van der Waals surface area contributed by atoms with Crippen molar-refractivity contribution in [2.75, 3.05) is 24.7 Å². The van der Waals surface area contributed by atoms with Crippen LogP contribution < -0.4 is 10.6 Å². The fourth-order valence-electron chi connectivity index (χ4n) is 2.20. The molecule has 2 heterocycles. The van der Waals surface area contributed by atoms with Crippen LogP contribution in [0.5, 0.6) is 0 Å². The summed E-state index contributed by atoms with van der Waals surface area (Å²) in [4.78, 5) is 8.38. The Labute approximate surface area is 113 Å². The molecule has 1 unspecified atom stereocenters. The van der Waals surface area contributed by atoms with Crippen molar-refractivity contribution >= 4 is 16.5 Å². The highest BCUT2D eigenvalue weighted by Gasteiger charge is 2.27. The summed E-state index contributed by atoms with van der Waals surface area (Å²) in [6.45, 7) is 11.8. The standard InChI is InChI=1S/C13H23N3OS/c1-9-8-17-6-5-16(9)12-15-11(13(2,3)4)10(7-14)18-12/h9H,5-8,14H2,1-4H3. The van der Waals surface area contributed by atoms with E-state index in [1.54, 1.807) is 11.3 Å². The molecule has 1 saturated heterocycles. The number of ether oxygens (including phenoxy) is 1. The summed E-state index contributed by atoms with van der Waals surface area (Å²) < 4.78 is 5.47. The topological polar surface area (TPSA) is 51.4 Å². The lowest BCUT2D eigenvalue weighted by atomic mass is 9.91. The number of aromatic nitrogens is 1. The number of thiazole rings is 1. The molecule has 18 heavy (non-hydrogen) atoms. The van der Waals surface area contributed by atoms with Crippen molar-refractivity contribution in [3.63, 3.8) is 0 Å². The molecule has 4 nitrogen and oxygen atoms in total. The van der Waals surface area contributed by atoms with Crippen LogP contribution in [-0.4, -0.2) is 30.8 Å². The monoisotopic (exact) mass is 269 g/mol. The average Bonchev–Trinajstić information content (AvgIpc) is 2.73. The number of hydrogen-bond donors (Lipinski definition) is 1. The van der Waals surface area contributed by atoms with Crippen LogP contribution in [0.3, 0.4) is 0 Å². The summed E-state index contributed by atoms with van der Waals surface area (Å²) in [7, 11) is 0. The molecule has 0 radical (unpaired) electrons. The Morgan fingerprint density at radius 1 is 1.50 bits per heavy atom. The van der Waals surface area contributed by atoms with Crippen LogP contribution in [0.25, 0.3) is 0 Å². The first kappa shape index (κ1) is 13.8. The van der Waals surface area contributed by atoms with Crippen LogP contribution in [0, 0.1) is 0 Å². The van der Waals surface area contributed by atoms with E-state index in [-0.39, 0.29) is 5.41 Å². The lowest BCUT2D eigenvalue weighted by Gasteiger charge is -2.33. The molecule has 2 N–H and O–H groups in total. The van der Waals surface area contributed by atoms with Gasteiger partial charge in [-0.15, -0.1) is 11.3 Å². The van der Waals surface area contributed by atoms with Crippen LogP contribution in [0.1, 0.15) is 38.3 Å². The van der Waals surface area contributed by atoms with Crippen molar-refractivity contribution in [3.05, 3.63) is 10.6 Å². The quantitative estimate of drug-likeness (QED) is 0.893. The zero-order valence-corrected chi connectivity index (χ0v) is 12.5. The molecule has 1 atom stereocenters. The Morgan fingerprint density at radius 3 is 2.72 bits per heavy atom. The van der Waals surface area contributed by atoms with E-state index < -0.39 is 0 Å². The molecular weight excluding hydrogens is 246 g/mol. The fourth-order valence-corrected chi connectivity index (χ4v) is 3.48. The maximum atomic E-state index is 5.85. The number of nitrogens with zero attached hydrogens (tertiary/aromatic N) is 2. The van der Waals surface area contributed by atoms with E-state index in [4.69, 9.17) is 15.5 Å². The van der Waals surface area contributed by atoms with Gasteiger partial charge in [-0.1, -0.05) is 20.8 Å². The van der Waals surface area contributed by atoms with Gasteiger partial charge in [0, 0.05) is 23.4 Å². The van der Waals surface area contributed by atoms with Gasteiger partial charge in [0.2, 0.25) is 0 Å². The minimum Gasteiger partial charge on any atom is -0.377 e. The molecule has 0 amide bonds. The Balaban J connectivity index is 2.31. The number of morpholine rings is 1. The van der Waals surface area contributed by atoms with Crippen LogP contribution in [0.15, 0.2) is 0 Å². The molecule has 1 aromatic rings. The summed E-state index contributed by atoms with van der Waals surface area (Å²) in [5.41, 5.74) is 7.05. The summed E-state index contributed by atoms with van der Waals surface area (Å²) in [5.74, 6) is 0. The molecule has 0 aromatic carbocycles. The van der Waals surface area contributed by atoms with Crippen molar-refractivity contribution in [2.45, 2.75) is 45.7 Å². The highest BCUT2D eigenvalue weighted by molar-refractivity contribution is 7.15. The van der Waals surface area contributed by atoms with Gasteiger partial charge >= 0.3 is 0 Å². The zero-order chi connectivity index (χ0) is 13.3. The molecule has 1 aliphatic rings. The van der Waals surface area contributed by atoms with Crippen LogP contribution in [-0.2, 0) is 16.7 Å². The van der Waals surface area contributed by atoms with Crippen molar-refractivity contribution in [1.82, 2.24) is 4.98 Å². The maximum Gasteiger partial charge on any atom is 0.186 e. The molecule has 1 fully saturated rings. The largest absolute Gasteiger partial charge is 0.377 e. The van der Waals surface area contributed by atoms with E-state index in [0.717, 1.165) is 30.6 Å². The van der Waals surface area contributed by atoms with Crippen molar-refractivity contribution in [1.29, 1.82) is 0 Å². The molecular formula is C13H23N3OS. The average molecular weight is 269 g/mol. The molecule has 0 spiro atoms. The Bertz CT molecular complexity index is 411. The normalized spacial score (nSPS) is 21.4. The molecule has 102 valence electrons. The predicted octanol–water partition coefficient (Wildman–Crippen LogP) is 2.12. The first-order valence-electron chi connectivity index (χ1n) is 6.48. The van der Waals surface area contributed by atoms with Gasteiger partial charge < -0.3 is 15.4 Å². The first-order valence-corrected chi connectivity index (χ1v) is 7.29. The van der Waals surface area contributed by atoms with E-state index in [1.807, 2.05) is 0 Å². The van der Waals surface area contributed by atoms with Crippen LogP contribution in [0.2, 0.25) is 0 Å². The van der Waals surface area contributed by atoms with Gasteiger partial charge in [0.25, 0.3) is 0 Å². The van der Waals surface area contributed by atoms with E-state index in [9.17, 15) is 0 Å². The summed E-state index contributed by atoms with van der Waals surface area (Å²) in [6.07, 6.45) is 0. The molecule has 5 heteroatoms. The van der Waals surface area contributed by atoms with E-state index >= 15 is 0 Å². The third kappa shape index (κ3) is 2.68. The SMILES string of the molecule is CC1COCCN1c1nc(C(C)(C)C)c(CN)s1. The van der Waals surface area contributed by atoms with Gasteiger partial charge in [0.1, 0.15) is 0 Å². The second-order valence-corrected chi connectivity index (χ2v) is 6.90. The van der Waals surface area contributed by atoms with Crippen molar-refractivity contribution in [3.8, 4) is 0 Å². The second-order valence-electron chi connectivity index (χ2n) is 5.84. The molecule has 0 aliphatic carbocycles. The van der Waals surface area contributed by atoms with Gasteiger partial charge in [-0.2, -0.15) is 0 Å². The third-order valence-electron chi connectivity index (χ3n) is 3.20. The Morgan fingerprint density at radius 2 is 2.22 bits per heavy atom. The van der Waals surface area contributed by atoms with Gasteiger partial charge in [-0.05, 0) is 6.92 Å². The fraction of sp³-hybridized carbons (Fsp3) is 0.769. The smallest absolute Gasteiger partial charge is 0.186 e. The Kier molecular flexibility index (Phi) is 3.94. The zero-order valence-electron chi connectivity index (χ0n) is 11.7. The highest BCUT2D eigenvalue weighted by atomic mass is 32.1. The van der Waals surface area contributed by atoms with E-state index in [2.05, 4.69) is 32.6 Å². The molecule has 0 bridgehead atoms. The minimum absolute atomic E-state index is 0.0545. The predicted molar refractivity (Wildman–Crippen MR) is 76.3 cm³/mol. The summed E-state index contributed by atoms with van der Waals surface area (Å²) in [6, 6.07) is 0.392. The number of nitrogens with two attached hydrogens (primary N) is 1. The molecule has 2 rings (SSSR count). The van der Waals surface area contributed by atoms with Crippen molar-refractivity contribution in [2.24, 2.45) is 5.73 Å². The number of rotatable bonds is 2. The van der Waals surface area contributed by atoms with Crippen molar-refractivity contribution < 1.29 is 4.74 Å². The van der Waals surface area contributed by atoms with Crippen LogP contribution >= 0.6 is 11.3 Å². The number of anilines is 1. The summed E-state index contributed by atoms with van der Waals surface area (Å²) in [5, 5.41) is 1.09. The molecule has 0 saturated carbocycles. The summed E-state index contributed by atoms with van der Waals surface area (Å²) >= 11 is 1.73. The maximum absolute atomic E-state index is 5.85. The van der Waals surface area contributed by atoms with Crippen LogP contribution in [0.4, 0.5) is 5.13 Å². The van der Waals surface area contributed by atoms with Gasteiger partial charge in [-0.3, -0.25) is 0 Å². The van der Waals surface area contributed by atoms with Gasteiger partial charge in [0.05, 0.1) is 24.9 Å². The second kappa shape index (κ2) is 5.15.